The van der Waals surface area contributed by atoms with Crippen LogP contribution in [0.25, 0.3) is 0 Å². The van der Waals surface area contributed by atoms with Gasteiger partial charge in [-0.05, 0) is 47.5 Å². The lowest BCUT2D eigenvalue weighted by Crippen LogP contribution is -2.30. The van der Waals surface area contributed by atoms with Crippen LogP contribution >= 0.6 is 0 Å². The Kier molecular flexibility index (Phi) is 8.41. The van der Waals surface area contributed by atoms with Crippen molar-refractivity contribution in [1.82, 2.24) is 0 Å². The number of amidine groups is 2. The number of nitrogens with two attached hydrogens (primary N) is 2. The van der Waals surface area contributed by atoms with Crippen LogP contribution in [0.4, 0.5) is 0 Å². The van der Waals surface area contributed by atoms with Gasteiger partial charge in [0.1, 0.15) is 21.3 Å². The van der Waals surface area contributed by atoms with Gasteiger partial charge in [-0.1, -0.05) is 0 Å². The molecule has 0 heterocycles. The van der Waals surface area contributed by atoms with Crippen LogP contribution in [0.15, 0.2) is 66.6 Å². The van der Waals surface area contributed by atoms with Crippen molar-refractivity contribution < 1.29 is 35.4 Å². The minimum atomic E-state index is -4.53. The fourth-order valence-corrected chi connectivity index (χ4v) is 3.75. The molecule has 0 saturated heterocycles. The zero-order valence-electron chi connectivity index (χ0n) is 17.7. The minimum absolute atomic E-state index is 0.0579. The molecule has 14 nitrogen and oxygen atoms in total. The molecule has 0 aromatic heterocycles. The van der Waals surface area contributed by atoms with Crippen LogP contribution in [0, 0.1) is 0 Å². The second kappa shape index (κ2) is 10.8. The molecule has 0 aliphatic carbocycles. The van der Waals surface area contributed by atoms with Crippen LogP contribution < -0.4 is 20.9 Å². The van der Waals surface area contributed by atoms with Crippen LogP contribution in [0.3, 0.4) is 0 Å². The van der Waals surface area contributed by atoms with E-state index in [2.05, 4.69) is 20.4 Å². The van der Waals surface area contributed by atoms with E-state index in [9.17, 15) is 25.9 Å². The lowest BCUT2D eigenvalue weighted by Gasteiger charge is -2.06. The van der Waals surface area contributed by atoms with Gasteiger partial charge in [0.15, 0.2) is 11.7 Å². The maximum atomic E-state index is 11.4. The normalized spacial score (nSPS) is 13.5. The van der Waals surface area contributed by atoms with E-state index in [4.69, 9.17) is 20.9 Å². The summed E-state index contributed by atoms with van der Waals surface area (Å²) in [6.07, 6.45) is 2.29. The van der Waals surface area contributed by atoms with Crippen molar-refractivity contribution in [3.63, 3.8) is 0 Å². The molecule has 2 aromatic carbocycles. The number of nitrogens with zero attached hydrogens (tertiary/aromatic N) is 4. The second-order valence-corrected chi connectivity index (χ2v) is 9.01. The van der Waals surface area contributed by atoms with Gasteiger partial charge in [0.2, 0.25) is 0 Å². The highest BCUT2D eigenvalue weighted by molar-refractivity contribution is 7.86. The first kappa shape index (κ1) is 26.4. The third-order valence-electron chi connectivity index (χ3n) is 3.94. The molecule has 182 valence electrons. The van der Waals surface area contributed by atoms with Gasteiger partial charge < -0.3 is 20.9 Å². The third kappa shape index (κ3) is 7.07. The Hall–Kier alpha value is -3.86. The van der Waals surface area contributed by atoms with Crippen LogP contribution in [0.2, 0.25) is 0 Å². The summed E-state index contributed by atoms with van der Waals surface area (Å²) in [5.74, 6) is -0.773. The van der Waals surface area contributed by atoms with E-state index >= 15 is 0 Å². The van der Waals surface area contributed by atoms with E-state index in [1.165, 1.54) is 38.5 Å². The lowest BCUT2D eigenvalue weighted by atomic mass is 10.2. The Bertz CT molecular complexity index is 1290. The van der Waals surface area contributed by atoms with Gasteiger partial charge in [0.25, 0.3) is 20.2 Å². The molecule has 6 N–H and O–H groups in total. The Morgan fingerprint density at radius 2 is 1.12 bits per heavy atom. The average Bonchev–Trinajstić information content (AvgIpc) is 2.77. The molecule has 0 radical (unpaired) electrons. The van der Waals surface area contributed by atoms with Crippen LogP contribution in [0.1, 0.15) is 11.1 Å². The van der Waals surface area contributed by atoms with E-state index in [1.807, 2.05) is 0 Å². The van der Waals surface area contributed by atoms with Crippen molar-refractivity contribution in [2.45, 2.75) is 9.79 Å². The first-order valence-electron chi connectivity index (χ1n) is 8.91. The molecule has 0 aliphatic rings. The Morgan fingerprint density at radius 1 is 0.765 bits per heavy atom. The monoisotopic (exact) mass is 512 g/mol. The fraction of sp³-hybridized carbons (Fsp3) is 0.111. The maximum absolute atomic E-state index is 11.4. The van der Waals surface area contributed by atoms with E-state index in [1.54, 1.807) is 0 Å². The van der Waals surface area contributed by atoms with Crippen molar-refractivity contribution >= 4 is 44.3 Å². The molecular formula is C18H20N6O8S2. The van der Waals surface area contributed by atoms with Crippen molar-refractivity contribution in [3.8, 4) is 11.5 Å². The van der Waals surface area contributed by atoms with Crippen molar-refractivity contribution in [2.75, 3.05) is 14.2 Å². The van der Waals surface area contributed by atoms with Gasteiger partial charge in [-0.25, -0.2) is 0 Å². The number of methoxy groups -OCH3 is 2. The highest BCUT2D eigenvalue weighted by atomic mass is 32.2. The molecule has 0 unspecified atom stereocenters. The quantitative estimate of drug-likeness (QED) is 0.163. The lowest BCUT2D eigenvalue weighted by molar-refractivity contribution is 0.397. The van der Waals surface area contributed by atoms with E-state index in [-0.39, 0.29) is 34.3 Å². The van der Waals surface area contributed by atoms with Crippen LogP contribution in [0.5, 0.6) is 11.5 Å². The Labute approximate surface area is 194 Å². The van der Waals surface area contributed by atoms with Gasteiger partial charge in [-0.15, -0.1) is 10.2 Å². The predicted octanol–water partition coefficient (Wildman–Crippen LogP) is 0.280. The standard InChI is InChI=1S/C18H20N6O8S2/c1-31-13-5-3-11(7-15(13)33(25,26)27)9-21-23-17(19)18(20)24-22-10-12-4-6-14(32-2)16(8-12)34(28,29)30/h3-10H,1-2H3,(H2,19,23)(H2,20,24)(H,25,26,27)(H,28,29,30)/b21-9-,22-10+. The molecule has 0 fully saturated rings. The van der Waals surface area contributed by atoms with Crippen LogP contribution in [-0.4, -0.2) is 64.3 Å². The predicted molar refractivity (Wildman–Crippen MR) is 124 cm³/mol. The molecule has 2 rings (SSSR count). The number of hydrogen-bond acceptors (Lipinski definition) is 10. The number of ether oxygens (including phenoxy) is 2. The van der Waals surface area contributed by atoms with E-state index < -0.39 is 30.0 Å². The fourth-order valence-electron chi connectivity index (χ4n) is 2.37. The molecule has 0 aliphatic heterocycles. The zero-order chi connectivity index (χ0) is 25.5. The zero-order valence-corrected chi connectivity index (χ0v) is 19.4. The van der Waals surface area contributed by atoms with Gasteiger partial charge in [-0.2, -0.15) is 27.0 Å². The summed E-state index contributed by atoms with van der Waals surface area (Å²) >= 11 is 0. The Balaban J connectivity index is 2.19. The molecule has 0 bridgehead atoms. The molecule has 0 spiro atoms. The molecule has 0 amide bonds. The SMILES string of the molecule is COc1ccc(/C=N\N=C(N)C(N)=N/N=C/c2ccc(OC)c(S(=O)(=O)O)c2)cc1S(=O)(=O)O. The number of rotatable bonds is 8. The smallest absolute Gasteiger partial charge is 0.298 e. The summed E-state index contributed by atoms with van der Waals surface area (Å²) in [7, 11) is -6.56. The summed E-state index contributed by atoms with van der Waals surface area (Å²) in [4.78, 5) is -0.913. The molecular weight excluding hydrogens is 492 g/mol. The summed E-state index contributed by atoms with van der Waals surface area (Å²) in [6.45, 7) is 0. The highest BCUT2D eigenvalue weighted by Gasteiger charge is 2.17. The number of hydrogen-bond donors (Lipinski definition) is 4. The number of benzene rings is 2. The largest absolute Gasteiger partial charge is 0.495 e. The van der Waals surface area contributed by atoms with Crippen molar-refractivity contribution in [3.05, 3.63) is 47.5 Å². The summed E-state index contributed by atoms with van der Waals surface area (Å²) in [5.41, 5.74) is 11.8. The highest BCUT2D eigenvalue weighted by Crippen LogP contribution is 2.25. The molecule has 16 heteroatoms. The summed E-state index contributed by atoms with van der Waals surface area (Å²) in [6, 6.07) is 7.77. The van der Waals surface area contributed by atoms with Crippen molar-refractivity contribution in [2.24, 2.45) is 31.9 Å². The minimum Gasteiger partial charge on any atom is -0.495 e. The molecule has 0 atom stereocenters. The maximum Gasteiger partial charge on any atom is 0.298 e. The summed E-state index contributed by atoms with van der Waals surface area (Å²) < 4.78 is 74.0. The average molecular weight is 513 g/mol. The summed E-state index contributed by atoms with van der Waals surface area (Å²) in [5, 5.41) is 14.6. The van der Waals surface area contributed by atoms with Crippen LogP contribution in [-0.2, 0) is 20.2 Å². The van der Waals surface area contributed by atoms with E-state index in [0.717, 1.165) is 24.6 Å². The first-order valence-corrected chi connectivity index (χ1v) is 11.8. The molecule has 34 heavy (non-hydrogen) atoms. The van der Waals surface area contributed by atoms with E-state index in [0.29, 0.717) is 0 Å². The third-order valence-corrected chi connectivity index (χ3v) is 5.69. The second-order valence-electron chi connectivity index (χ2n) is 6.23. The van der Waals surface area contributed by atoms with Gasteiger partial charge >= 0.3 is 0 Å². The topological polar surface area (TPSA) is 229 Å². The van der Waals surface area contributed by atoms with Gasteiger partial charge in [-0.3, -0.25) is 9.11 Å². The Morgan fingerprint density at radius 3 is 1.41 bits per heavy atom. The van der Waals surface area contributed by atoms with Gasteiger partial charge in [0, 0.05) is 0 Å². The first-order chi connectivity index (χ1) is 15.9. The van der Waals surface area contributed by atoms with Gasteiger partial charge in [0.05, 0.1) is 26.6 Å². The molecule has 2 aromatic rings. The molecule has 0 saturated carbocycles. The van der Waals surface area contributed by atoms with Crippen molar-refractivity contribution in [1.29, 1.82) is 0 Å².